The van der Waals surface area contributed by atoms with E-state index in [-0.39, 0.29) is 0 Å². The molecule has 2 N–H and O–H groups in total. The third-order valence-corrected chi connectivity index (χ3v) is 3.36. The lowest BCUT2D eigenvalue weighted by Gasteiger charge is -2.38. The lowest BCUT2D eigenvalue weighted by molar-refractivity contribution is 0.0929. The Balaban J connectivity index is 2.30. The van der Waals surface area contributed by atoms with Crippen LogP contribution in [0.5, 0.6) is 0 Å². The molecule has 1 unspecified atom stereocenters. The number of ether oxygens (including phenoxy) is 1. The summed E-state index contributed by atoms with van der Waals surface area (Å²) < 4.78 is 5.52. The summed E-state index contributed by atoms with van der Waals surface area (Å²) in [6.07, 6.45) is 1.11. The van der Waals surface area contributed by atoms with Gasteiger partial charge in [-0.25, -0.2) is 0 Å². The van der Waals surface area contributed by atoms with E-state index in [2.05, 4.69) is 24.8 Å². The van der Waals surface area contributed by atoms with E-state index in [0.29, 0.717) is 6.04 Å². The SMILES string of the molecule is CCC1COCCN1c1cccc(N)c1C. The van der Waals surface area contributed by atoms with E-state index < -0.39 is 0 Å². The smallest absolute Gasteiger partial charge is 0.0670 e. The number of hydrogen-bond donors (Lipinski definition) is 1. The minimum absolute atomic E-state index is 0.481. The van der Waals surface area contributed by atoms with Gasteiger partial charge in [-0.3, -0.25) is 0 Å². The molecule has 0 aliphatic carbocycles. The van der Waals surface area contributed by atoms with Gasteiger partial charge in [0.1, 0.15) is 0 Å². The van der Waals surface area contributed by atoms with Crippen molar-refractivity contribution in [2.45, 2.75) is 26.3 Å². The van der Waals surface area contributed by atoms with Crippen molar-refractivity contribution in [1.29, 1.82) is 0 Å². The van der Waals surface area contributed by atoms with Crippen molar-refractivity contribution in [2.24, 2.45) is 0 Å². The highest BCUT2D eigenvalue weighted by atomic mass is 16.5. The van der Waals surface area contributed by atoms with Gasteiger partial charge in [-0.05, 0) is 31.0 Å². The quantitative estimate of drug-likeness (QED) is 0.776. The molecule has 1 heterocycles. The van der Waals surface area contributed by atoms with E-state index in [1.807, 2.05) is 12.1 Å². The Labute approximate surface area is 97.2 Å². The first-order valence-corrected chi connectivity index (χ1v) is 5.93. The minimum Gasteiger partial charge on any atom is -0.398 e. The molecule has 1 aromatic rings. The molecule has 0 amide bonds. The van der Waals surface area contributed by atoms with Crippen LogP contribution in [0.4, 0.5) is 11.4 Å². The predicted octanol–water partition coefficient (Wildman–Crippen LogP) is 2.19. The Bertz CT molecular complexity index is 365. The summed E-state index contributed by atoms with van der Waals surface area (Å²) >= 11 is 0. The summed E-state index contributed by atoms with van der Waals surface area (Å²) in [7, 11) is 0. The third kappa shape index (κ3) is 2.00. The van der Waals surface area contributed by atoms with E-state index in [0.717, 1.165) is 31.9 Å². The van der Waals surface area contributed by atoms with Crippen molar-refractivity contribution in [1.82, 2.24) is 0 Å². The average Bonchev–Trinajstić information content (AvgIpc) is 2.33. The molecule has 1 atom stereocenters. The fourth-order valence-electron chi connectivity index (χ4n) is 2.26. The van der Waals surface area contributed by atoms with Crippen molar-refractivity contribution in [3.63, 3.8) is 0 Å². The third-order valence-electron chi connectivity index (χ3n) is 3.36. The van der Waals surface area contributed by atoms with Crippen LogP contribution in [0.3, 0.4) is 0 Å². The lowest BCUT2D eigenvalue weighted by Crippen LogP contribution is -2.45. The first kappa shape index (κ1) is 11.3. The van der Waals surface area contributed by atoms with Gasteiger partial charge in [0.15, 0.2) is 0 Å². The second kappa shape index (κ2) is 4.74. The molecule has 0 saturated carbocycles. The first-order valence-electron chi connectivity index (χ1n) is 5.93. The summed E-state index contributed by atoms with van der Waals surface area (Å²) in [4.78, 5) is 2.43. The number of anilines is 2. The van der Waals surface area contributed by atoms with E-state index >= 15 is 0 Å². The van der Waals surface area contributed by atoms with Crippen molar-refractivity contribution in [2.75, 3.05) is 30.4 Å². The van der Waals surface area contributed by atoms with Crippen LogP contribution in [0, 0.1) is 6.92 Å². The fraction of sp³-hybridized carbons (Fsp3) is 0.538. The summed E-state index contributed by atoms with van der Waals surface area (Å²) in [6, 6.07) is 6.62. The molecule has 2 rings (SSSR count). The lowest BCUT2D eigenvalue weighted by atomic mass is 10.1. The van der Waals surface area contributed by atoms with Crippen LogP contribution in [0.2, 0.25) is 0 Å². The van der Waals surface area contributed by atoms with Gasteiger partial charge in [0.25, 0.3) is 0 Å². The molecule has 0 aromatic heterocycles. The molecule has 16 heavy (non-hydrogen) atoms. The highest BCUT2D eigenvalue weighted by molar-refractivity contribution is 5.64. The normalized spacial score (nSPS) is 21.1. The molecule has 1 aliphatic rings. The Morgan fingerprint density at radius 2 is 2.31 bits per heavy atom. The highest BCUT2D eigenvalue weighted by Gasteiger charge is 2.22. The molecule has 0 spiro atoms. The van der Waals surface area contributed by atoms with E-state index in [9.17, 15) is 0 Å². The van der Waals surface area contributed by atoms with Gasteiger partial charge in [0.2, 0.25) is 0 Å². The standard InChI is InChI=1S/C13H20N2O/c1-3-11-9-16-8-7-15(11)13-6-4-5-12(14)10(13)2/h4-6,11H,3,7-9,14H2,1-2H3. The second-order valence-electron chi connectivity index (χ2n) is 4.32. The maximum Gasteiger partial charge on any atom is 0.0670 e. The minimum atomic E-state index is 0.481. The van der Waals surface area contributed by atoms with Crippen molar-refractivity contribution in [3.05, 3.63) is 23.8 Å². The van der Waals surface area contributed by atoms with E-state index in [1.54, 1.807) is 0 Å². The molecule has 3 nitrogen and oxygen atoms in total. The van der Waals surface area contributed by atoms with Crippen LogP contribution >= 0.6 is 0 Å². The number of nitrogen functional groups attached to an aromatic ring is 1. The largest absolute Gasteiger partial charge is 0.398 e. The van der Waals surface area contributed by atoms with Gasteiger partial charge in [-0.1, -0.05) is 13.0 Å². The maximum absolute atomic E-state index is 5.96. The Hall–Kier alpha value is -1.22. The van der Waals surface area contributed by atoms with Gasteiger partial charge in [-0.2, -0.15) is 0 Å². The fourth-order valence-corrected chi connectivity index (χ4v) is 2.26. The predicted molar refractivity (Wildman–Crippen MR) is 67.8 cm³/mol. The van der Waals surface area contributed by atoms with Gasteiger partial charge in [-0.15, -0.1) is 0 Å². The molecule has 88 valence electrons. The molecule has 1 fully saturated rings. The molecular formula is C13H20N2O. The molecule has 3 heteroatoms. The van der Waals surface area contributed by atoms with E-state index in [1.165, 1.54) is 11.3 Å². The van der Waals surface area contributed by atoms with Crippen LogP contribution in [0.15, 0.2) is 18.2 Å². The molecule has 1 saturated heterocycles. The second-order valence-corrected chi connectivity index (χ2v) is 4.32. The van der Waals surface area contributed by atoms with Crippen molar-refractivity contribution in [3.8, 4) is 0 Å². The number of nitrogens with zero attached hydrogens (tertiary/aromatic N) is 1. The van der Waals surface area contributed by atoms with Crippen LogP contribution < -0.4 is 10.6 Å². The Morgan fingerprint density at radius 1 is 1.50 bits per heavy atom. The van der Waals surface area contributed by atoms with Crippen molar-refractivity contribution < 1.29 is 4.74 Å². The van der Waals surface area contributed by atoms with Gasteiger partial charge < -0.3 is 15.4 Å². The molecule has 0 bridgehead atoms. The van der Waals surface area contributed by atoms with Crippen LogP contribution in [0.1, 0.15) is 18.9 Å². The van der Waals surface area contributed by atoms with Crippen LogP contribution in [-0.2, 0) is 4.74 Å². The molecular weight excluding hydrogens is 200 g/mol. The summed E-state index contributed by atoms with van der Waals surface area (Å²) in [6.45, 7) is 6.89. The summed E-state index contributed by atoms with van der Waals surface area (Å²) in [5.74, 6) is 0. The summed E-state index contributed by atoms with van der Waals surface area (Å²) in [5.41, 5.74) is 9.27. The number of morpholine rings is 1. The maximum atomic E-state index is 5.96. The van der Waals surface area contributed by atoms with Gasteiger partial charge >= 0.3 is 0 Å². The Kier molecular flexibility index (Phi) is 3.34. The van der Waals surface area contributed by atoms with Gasteiger partial charge in [0, 0.05) is 17.9 Å². The number of hydrogen-bond acceptors (Lipinski definition) is 3. The Morgan fingerprint density at radius 3 is 3.06 bits per heavy atom. The van der Waals surface area contributed by atoms with Crippen LogP contribution in [0.25, 0.3) is 0 Å². The molecule has 0 radical (unpaired) electrons. The van der Waals surface area contributed by atoms with E-state index in [4.69, 9.17) is 10.5 Å². The zero-order valence-corrected chi connectivity index (χ0v) is 10.1. The van der Waals surface area contributed by atoms with Gasteiger partial charge in [0.05, 0.1) is 19.3 Å². The highest BCUT2D eigenvalue weighted by Crippen LogP contribution is 2.28. The zero-order valence-electron chi connectivity index (χ0n) is 10.1. The first-order chi connectivity index (χ1) is 7.74. The molecule has 1 aromatic carbocycles. The summed E-state index contributed by atoms with van der Waals surface area (Å²) in [5, 5.41) is 0. The monoisotopic (exact) mass is 220 g/mol. The topological polar surface area (TPSA) is 38.5 Å². The average molecular weight is 220 g/mol. The van der Waals surface area contributed by atoms with Crippen molar-refractivity contribution >= 4 is 11.4 Å². The van der Waals surface area contributed by atoms with Crippen LogP contribution in [-0.4, -0.2) is 25.8 Å². The number of benzene rings is 1. The number of rotatable bonds is 2. The number of nitrogens with two attached hydrogens (primary N) is 1. The molecule has 1 aliphatic heterocycles. The zero-order chi connectivity index (χ0) is 11.5.